The van der Waals surface area contributed by atoms with Crippen molar-refractivity contribution in [2.45, 2.75) is 32.2 Å². The fraction of sp³-hybridized carbons (Fsp3) is 0.381. The Morgan fingerprint density at radius 2 is 1.86 bits per heavy atom. The molecule has 7 nitrogen and oxygen atoms in total. The van der Waals surface area contributed by atoms with E-state index < -0.39 is 0 Å². The van der Waals surface area contributed by atoms with Crippen LogP contribution in [0.15, 0.2) is 47.5 Å². The van der Waals surface area contributed by atoms with Crippen molar-refractivity contribution in [1.29, 1.82) is 0 Å². The van der Waals surface area contributed by atoms with Crippen LogP contribution in [0.25, 0.3) is 11.3 Å². The summed E-state index contributed by atoms with van der Waals surface area (Å²) in [6, 6.07) is 9.21. The van der Waals surface area contributed by atoms with Crippen molar-refractivity contribution in [1.82, 2.24) is 24.7 Å². The lowest BCUT2D eigenvalue weighted by Crippen LogP contribution is -2.50. The molecular formula is C21H22N6O. The Morgan fingerprint density at radius 1 is 1.07 bits per heavy atom. The molecule has 1 saturated carbocycles. The molecule has 3 aromatic rings. The molecule has 0 spiro atoms. The summed E-state index contributed by atoms with van der Waals surface area (Å²) in [5, 5.41) is 4.55. The Hall–Kier alpha value is -3.09. The lowest BCUT2D eigenvalue weighted by atomic mass is 10.00. The molecule has 2 aliphatic rings. The molecule has 0 radical (unpaired) electrons. The maximum absolute atomic E-state index is 12.3. The molecule has 0 amide bonds. The van der Waals surface area contributed by atoms with Crippen LogP contribution in [0.3, 0.4) is 0 Å². The molecule has 0 aromatic carbocycles. The summed E-state index contributed by atoms with van der Waals surface area (Å²) < 4.78 is 1.58. The zero-order chi connectivity index (χ0) is 19.1. The van der Waals surface area contributed by atoms with E-state index in [0.29, 0.717) is 18.4 Å². The minimum Gasteiger partial charge on any atom is -0.356 e. The molecule has 142 valence electrons. The summed E-state index contributed by atoms with van der Waals surface area (Å²) in [6.07, 6.45) is 5.87. The third-order valence-electron chi connectivity index (χ3n) is 5.36. The SMILES string of the molecule is Cc1cc(N2CC(Cn3nc(-c4ccncc4)ccc3=O)C2)nc(C2CC2)n1. The number of pyridine rings is 1. The molecule has 1 aliphatic carbocycles. The van der Waals surface area contributed by atoms with Crippen LogP contribution in [0.1, 0.15) is 30.3 Å². The first kappa shape index (κ1) is 17.0. The molecule has 0 unspecified atom stereocenters. The molecule has 3 aromatic heterocycles. The van der Waals surface area contributed by atoms with Crippen LogP contribution in [-0.4, -0.2) is 37.8 Å². The predicted octanol–water partition coefficient (Wildman–Crippen LogP) is 2.42. The van der Waals surface area contributed by atoms with Crippen molar-refractivity contribution >= 4 is 5.82 Å². The second-order valence-corrected chi connectivity index (χ2v) is 7.75. The van der Waals surface area contributed by atoms with Crippen LogP contribution in [-0.2, 0) is 6.54 Å². The quantitative estimate of drug-likeness (QED) is 0.683. The molecule has 2 fully saturated rings. The van der Waals surface area contributed by atoms with E-state index in [1.54, 1.807) is 29.2 Å². The number of nitrogens with zero attached hydrogens (tertiary/aromatic N) is 6. The highest BCUT2D eigenvalue weighted by atomic mass is 16.1. The fourth-order valence-corrected chi connectivity index (χ4v) is 3.63. The third kappa shape index (κ3) is 3.40. The monoisotopic (exact) mass is 374 g/mol. The van der Waals surface area contributed by atoms with Crippen LogP contribution in [0.2, 0.25) is 0 Å². The van der Waals surface area contributed by atoms with Crippen molar-refractivity contribution in [2.75, 3.05) is 18.0 Å². The second kappa shape index (κ2) is 6.82. The smallest absolute Gasteiger partial charge is 0.266 e. The number of hydrogen-bond donors (Lipinski definition) is 0. The van der Waals surface area contributed by atoms with Crippen LogP contribution < -0.4 is 10.5 Å². The van der Waals surface area contributed by atoms with E-state index in [2.05, 4.69) is 26.0 Å². The van der Waals surface area contributed by atoms with Crippen molar-refractivity contribution in [2.24, 2.45) is 5.92 Å². The van der Waals surface area contributed by atoms with Gasteiger partial charge in [0.2, 0.25) is 0 Å². The van der Waals surface area contributed by atoms with Gasteiger partial charge in [0.05, 0.1) is 12.2 Å². The van der Waals surface area contributed by atoms with Crippen molar-refractivity contribution in [3.8, 4) is 11.3 Å². The van der Waals surface area contributed by atoms with E-state index in [-0.39, 0.29) is 5.56 Å². The number of aryl methyl sites for hydroxylation is 1. The Balaban J connectivity index is 1.28. The molecule has 0 bridgehead atoms. The minimum absolute atomic E-state index is 0.0647. The van der Waals surface area contributed by atoms with Crippen LogP contribution in [0, 0.1) is 12.8 Å². The summed E-state index contributed by atoms with van der Waals surface area (Å²) in [6.45, 7) is 4.42. The molecule has 28 heavy (non-hydrogen) atoms. The highest BCUT2D eigenvalue weighted by Crippen LogP contribution is 2.39. The maximum atomic E-state index is 12.3. The Labute approximate surface area is 163 Å². The van der Waals surface area contributed by atoms with Gasteiger partial charge in [0.15, 0.2) is 0 Å². The van der Waals surface area contributed by atoms with Gasteiger partial charge < -0.3 is 4.90 Å². The standard InChI is InChI=1S/C21H22N6O/c1-14-10-19(24-21(23-14)17-2-3-17)26-11-15(12-26)13-27-20(28)5-4-18(25-27)16-6-8-22-9-7-16/h4-10,15,17H,2-3,11-13H2,1H3. The first-order valence-corrected chi connectivity index (χ1v) is 9.75. The van der Waals surface area contributed by atoms with Gasteiger partial charge in [0.25, 0.3) is 5.56 Å². The van der Waals surface area contributed by atoms with Crippen LogP contribution in [0.5, 0.6) is 0 Å². The van der Waals surface area contributed by atoms with Gasteiger partial charge in [-0.3, -0.25) is 9.78 Å². The summed E-state index contributed by atoms with van der Waals surface area (Å²) in [5.74, 6) is 2.94. The first-order valence-electron chi connectivity index (χ1n) is 9.75. The van der Waals surface area contributed by atoms with Gasteiger partial charge in [-0.1, -0.05) is 0 Å². The van der Waals surface area contributed by atoms with Gasteiger partial charge in [-0.15, -0.1) is 0 Å². The predicted molar refractivity (Wildman–Crippen MR) is 106 cm³/mol. The van der Waals surface area contributed by atoms with Crippen LogP contribution in [0.4, 0.5) is 5.82 Å². The minimum atomic E-state index is -0.0647. The Morgan fingerprint density at radius 3 is 2.61 bits per heavy atom. The number of anilines is 1. The lowest BCUT2D eigenvalue weighted by Gasteiger charge is -2.40. The first-order chi connectivity index (χ1) is 13.7. The summed E-state index contributed by atoms with van der Waals surface area (Å²) in [7, 11) is 0. The molecule has 5 rings (SSSR count). The second-order valence-electron chi connectivity index (χ2n) is 7.75. The number of hydrogen-bond acceptors (Lipinski definition) is 6. The average molecular weight is 374 g/mol. The topological polar surface area (TPSA) is 76.8 Å². The van der Waals surface area contributed by atoms with E-state index in [4.69, 9.17) is 4.98 Å². The van der Waals surface area contributed by atoms with E-state index >= 15 is 0 Å². The molecule has 4 heterocycles. The average Bonchev–Trinajstić information content (AvgIpc) is 3.51. The lowest BCUT2D eigenvalue weighted by molar-refractivity contribution is 0.333. The zero-order valence-electron chi connectivity index (χ0n) is 15.8. The fourth-order valence-electron chi connectivity index (χ4n) is 3.63. The van der Waals surface area contributed by atoms with E-state index in [0.717, 1.165) is 41.7 Å². The third-order valence-corrected chi connectivity index (χ3v) is 5.36. The molecule has 7 heteroatoms. The number of rotatable bonds is 5. The van der Waals surface area contributed by atoms with Gasteiger partial charge >= 0.3 is 0 Å². The normalized spacial score (nSPS) is 16.8. The van der Waals surface area contributed by atoms with E-state index in [1.807, 2.05) is 19.1 Å². The molecule has 1 aliphatic heterocycles. The highest BCUT2D eigenvalue weighted by molar-refractivity contribution is 5.57. The van der Waals surface area contributed by atoms with Gasteiger partial charge in [-0.25, -0.2) is 14.6 Å². The highest BCUT2D eigenvalue weighted by Gasteiger charge is 2.31. The van der Waals surface area contributed by atoms with Crippen molar-refractivity contribution in [3.05, 3.63) is 64.6 Å². The summed E-state index contributed by atoms with van der Waals surface area (Å²) in [4.78, 5) is 27.9. The zero-order valence-corrected chi connectivity index (χ0v) is 15.8. The molecule has 1 saturated heterocycles. The Kier molecular flexibility index (Phi) is 4.15. The molecule has 0 N–H and O–H groups in total. The van der Waals surface area contributed by atoms with Gasteiger partial charge in [0, 0.05) is 60.7 Å². The van der Waals surface area contributed by atoms with E-state index in [9.17, 15) is 4.79 Å². The Bertz CT molecular complexity index is 1050. The summed E-state index contributed by atoms with van der Waals surface area (Å²) >= 11 is 0. The maximum Gasteiger partial charge on any atom is 0.266 e. The largest absolute Gasteiger partial charge is 0.356 e. The van der Waals surface area contributed by atoms with E-state index in [1.165, 1.54) is 12.8 Å². The summed E-state index contributed by atoms with van der Waals surface area (Å²) in [5.41, 5.74) is 2.71. The van der Waals surface area contributed by atoms with Crippen molar-refractivity contribution in [3.63, 3.8) is 0 Å². The van der Waals surface area contributed by atoms with Crippen molar-refractivity contribution < 1.29 is 0 Å². The number of aromatic nitrogens is 5. The van der Waals surface area contributed by atoms with Gasteiger partial charge in [-0.05, 0) is 38.0 Å². The van der Waals surface area contributed by atoms with Gasteiger partial charge in [-0.2, -0.15) is 5.10 Å². The van der Waals surface area contributed by atoms with Gasteiger partial charge in [0.1, 0.15) is 11.6 Å². The molecule has 0 atom stereocenters. The molecular weight excluding hydrogens is 352 g/mol. The van der Waals surface area contributed by atoms with Crippen LogP contribution >= 0.6 is 0 Å².